The zero-order chi connectivity index (χ0) is 20.5. The van der Waals surface area contributed by atoms with Crippen LogP contribution in [0.5, 0.6) is 5.75 Å². The topological polar surface area (TPSA) is 81.4 Å². The average molecular weight is 410 g/mol. The fourth-order valence-electron chi connectivity index (χ4n) is 2.58. The van der Waals surface area contributed by atoms with Crippen LogP contribution in [-0.4, -0.2) is 39.2 Å². The molecule has 1 amide bonds. The predicted molar refractivity (Wildman–Crippen MR) is 115 cm³/mol. The van der Waals surface area contributed by atoms with E-state index in [1.165, 1.54) is 11.8 Å². The number of carbonyl (C=O) groups is 1. The summed E-state index contributed by atoms with van der Waals surface area (Å²) in [4.78, 5) is 12.2. The van der Waals surface area contributed by atoms with E-state index in [2.05, 4.69) is 27.6 Å². The van der Waals surface area contributed by atoms with Gasteiger partial charge in [0.05, 0.1) is 18.6 Å². The smallest absolute Gasteiger partial charge is 0.250 e. The van der Waals surface area contributed by atoms with Crippen LogP contribution < -0.4 is 10.2 Å². The summed E-state index contributed by atoms with van der Waals surface area (Å²) in [5.41, 5.74) is 4.32. The predicted octanol–water partition coefficient (Wildman–Crippen LogP) is 3.61. The number of nitrogens with one attached hydrogen (secondary N) is 1. The van der Waals surface area contributed by atoms with Crippen molar-refractivity contribution in [2.45, 2.75) is 25.4 Å². The first-order valence-corrected chi connectivity index (χ1v) is 10.3. The minimum Gasteiger partial charge on any atom is -0.493 e. The highest BCUT2D eigenvalue weighted by Gasteiger charge is 2.13. The zero-order valence-electron chi connectivity index (χ0n) is 16.4. The Kier molecular flexibility index (Phi) is 7.40. The van der Waals surface area contributed by atoms with Gasteiger partial charge >= 0.3 is 0 Å². The van der Waals surface area contributed by atoms with Crippen molar-refractivity contribution in [1.82, 2.24) is 20.2 Å². The van der Waals surface area contributed by atoms with E-state index in [1.807, 2.05) is 66.1 Å². The third kappa shape index (κ3) is 5.68. The molecule has 3 rings (SSSR count). The second-order valence-corrected chi connectivity index (χ2v) is 7.11. The molecule has 1 N–H and O–H groups in total. The molecule has 0 aliphatic heterocycles. The summed E-state index contributed by atoms with van der Waals surface area (Å²) < 4.78 is 7.60. The molecule has 0 radical (unpaired) electrons. The van der Waals surface area contributed by atoms with Crippen molar-refractivity contribution >= 4 is 23.9 Å². The molecule has 29 heavy (non-hydrogen) atoms. The molecule has 3 aromatic rings. The summed E-state index contributed by atoms with van der Waals surface area (Å²) in [6, 6.07) is 17.4. The lowest BCUT2D eigenvalue weighted by Crippen LogP contribution is -2.20. The van der Waals surface area contributed by atoms with Gasteiger partial charge in [-0.15, -0.1) is 10.2 Å². The zero-order valence-corrected chi connectivity index (χ0v) is 17.2. The van der Waals surface area contributed by atoms with E-state index in [0.29, 0.717) is 11.8 Å². The van der Waals surface area contributed by atoms with E-state index in [0.717, 1.165) is 29.2 Å². The van der Waals surface area contributed by atoms with Gasteiger partial charge in [-0.25, -0.2) is 5.43 Å². The summed E-state index contributed by atoms with van der Waals surface area (Å²) in [5.74, 6) is 1.46. The van der Waals surface area contributed by atoms with Crippen molar-refractivity contribution in [3.8, 4) is 11.4 Å². The molecule has 0 fully saturated rings. The van der Waals surface area contributed by atoms with Gasteiger partial charge in [-0.2, -0.15) is 5.10 Å². The molecule has 1 heterocycles. The number of ether oxygens (including phenoxy) is 1. The van der Waals surface area contributed by atoms with Gasteiger partial charge in [-0.1, -0.05) is 49.0 Å². The second-order valence-electron chi connectivity index (χ2n) is 6.17. The van der Waals surface area contributed by atoms with Gasteiger partial charge in [0.2, 0.25) is 0 Å². The number of amides is 1. The van der Waals surface area contributed by atoms with Crippen LogP contribution in [0, 0.1) is 6.92 Å². The maximum atomic E-state index is 12.2. The first-order valence-electron chi connectivity index (χ1n) is 9.33. The third-order valence-electron chi connectivity index (χ3n) is 3.92. The standard InChI is InChI=1S/C21H23N5O2S/c1-3-13-28-19-12-8-7-9-17(19)14-22-24-20(27)15-29-21-25-23-16(2)26(21)18-10-5-4-6-11-18/h4-12,14H,3,13,15H2,1-2H3,(H,24,27). The fraction of sp³-hybridized carbons (Fsp3) is 0.238. The third-order valence-corrected chi connectivity index (χ3v) is 4.84. The SMILES string of the molecule is CCCOc1ccccc1C=NNC(=O)CSc1nnc(C)n1-c1ccccc1. The number of hydrogen-bond donors (Lipinski definition) is 1. The van der Waals surface area contributed by atoms with E-state index in [4.69, 9.17) is 4.74 Å². The highest BCUT2D eigenvalue weighted by molar-refractivity contribution is 7.99. The number of thioether (sulfide) groups is 1. The average Bonchev–Trinajstić information content (AvgIpc) is 3.12. The molecule has 0 aliphatic carbocycles. The van der Waals surface area contributed by atoms with Crippen LogP contribution in [0.3, 0.4) is 0 Å². The van der Waals surface area contributed by atoms with Crippen molar-refractivity contribution in [3.05, 3.63) is 66.0 Å². The van der Waals surface area contributed by atoms with Gasteiger partial charge in [0.25, 0.3) is 5.91 Å². The molecule has 0 aliphatic rings. The molecular weight excluding hydrogens is 386 g/mol. The number of benzene rings is 2. The van der Waals surface area contributed by atoms with Gasteiger partial charge in [-0.05, 0) is 37.6 Å². The van der Waals surface area contributed by atoms with Crippen molar-refractivity contribution < 1.29 is 9.53 Å². The van der Waals surface area contributed by atoms with Gasteiger partial charge < -0.3 is 4.74 Å². The van der Waals surface area contributed by atoms with Gasteiger partial charge in [0, 0.05) is 11.3 Å². The molecule has 0 saturated heterocycles. The van der Waals surface area contributed by atoms with Crippen LogP contribution in [-0.2, 0) is 4.79 Å². The molecule has 7 nitrogen and oxygen atoms in total. The van der Waals surface area contributed by atoms with Crippen LogP contribution in [0.1, 0.15) is 24.7 Å². The van der Waals surface area contributed by atoms with E-state index >= 15 is 0 Å². The molecule has 150 valence electrons. The number of aromatic nitrogens is 3. The molecule has 0 unspecified atom stereocenters. The molecule has 2 aromatic carbocycles. The highest BCUT2D eigenvalue weighted by Crippen LogP contribution is 2.21. The van der Waals surface area contributed by atoms with E-state index in [1.54, 1.807) is 6.21 Å². The number of nitrogens with zero attached hydrogens (tertiary/aromatic N) is 4. The van der Waals surface area contributed by atoms with Gasteiger partial charge in [0.1, 0.15) is 11.6 Å². The fourth-order valence-corrected chi connectivity index (χ4v) is 3.37. The minimum atomic E-state index is -0.224. The van der Waals surface area contributed by atoms with Crippen molar-refractivity contribution in [1.29, 1.82) is 0 Å². The van der Waals surface area contributed by atoms with E-state index < -0.39 is 0 Å². The molecular formula is C21H23N5O2S. The Morgan fingerprint density at radius 2 is 1.93 bits per heavy atom. The Hall–Kier alpha value is -3.13. The number of carbonyl (C=O) groups excluding carboxylic acids is 1. The normalized spacial score (nSPS) is 11.0. The summed E-state index contributed by atoms with van der Waals surface area (Å²) in [7, 11) is 0. The first kappa shape index (κ1) is 20.6. The largest absolute Gasteiger partial charge is 0.493 e. The highest BCUT2D eigenvalue weighted by atomic mass is 32.2. The van der Waals surface area contributed by atoms with Gasteiger partial charge in [0.15, 0.2) is 5.16 Å². The molecule has 0 spiro atoms. The maximum absolute atomic E-state index is 12.2. The quantitative estimate of drug-likeness (QED) is 0.332. The van der Waals surface area contributed by atoms with Crippen LogP contribution in [0.25, 0.3) is 5.69 Å². The van der Waals surface area contributed by atoms with Crippen molar-refractivity contribution in [2.24, 2.45) is 5.10 Å². The van der Waals surface area contributed by atoms with Crippen LogP contribution in [0.2, 0.25) is 0 Å². The van der Waals surface area contributed by atoms with Gasteiger partial charge in [-0.3, -0.25) is 9.36 Å². The van der Waals surface area contributed by atoms with E-state index in [-0.39, 0.29) is 11.7 Å². The summed E-state index contributed by atoms with van der Waals surface area (Å²) in [6.45, 7) is 4.57. The Bertz CT molecular complexity index is 972. The summed E-state index contributed by atoms with van der Waals surface area (Å²) in [6.07, 6.45) is 2.51. The summed E-state index contributed by atoms with van der Waals surface area (Å²) >= 11 is 1.31. The van der Waals surface area contributed by atoms with Crippen LogP contribution in [0.15, 0.2) is 64.9 Å². The first-order chi connectivity index (χ1) is 14.2. The van der Waals surface area contributed by atoms with Crippen molar-refractivity contribution in [3.63, 3.8) is 0 Å². The Balaban J connectivity index is 1.57. The monoisotopic (exact) mass is 409 g/mol. The van der Waals surface area contributed by atoms with Crippen LogP contribution in [0.4, 0.5) is 0 Å². The number of para-hydroxylation sites is 2. The molecule has 1 aromatic heterocycles. The number of rotatable bonds is 9. The molecule has 0 atom stereocenters. The number of aryl methyl sites for hydroxylation is 1. The second kappa shape index (κ2) is 10.4. The minimum absolute atomic E-state index is 0.177. The van der Waals surface area contributed by atoms with E-state index in [9.17, 15) is 4.79 Å². The number of hydrazone groups is 1. The Morgan fingerprint density at radius 3 is 2.72 bits per heavy atom. The maximum Gasteiger partial charge on any atom is 0.250 e. The summed E-state index contributed by atoms with van der Waals surface area (Å²) in [5, 5.41) is 13.0. The Morgan fingerprint density at radius 1 is 1.17 bits per heavy atom. The lowest BCUT2D eigenvalue weighted by Gasteiger charge is -2.08. The molecule has 0 saturated carbocycles. The lowest BCUT2D eigenvalue weighted by molar-refractivity contribution is -0.118. The molecule has 0 bridgehead atoms. The van der Waals surface area contributed by atoms with Crippen molar-refractivity contribution in [2.75, 3.05) is 12.4 Å². The Labute approximate surface area is 174 Å². The lowest BCUT2D eigenvalue weighted by atomic mass is 10.2. The molecule has 8 heteroatoms. The number of hydrogen-bond acceptors (Lipinski definition) is 6. The van der Waals surface area contributed by atoms with Crippen LogP contribution >= 0.6 is 11.8 Å².